The van der Waals surface area contributed by atoms with Gasteiger partial charge in [-0.2, -0.15) is 0 Å². The molecule has 0 aliphatic rings. The summed E-state index contributed by atoms with van der Waals surface area (Å²) >= 11 is 1.18. The molecular weight excluding hydrogens is 250 g/mol. The van der Waals surface area contributed by atoms with E-state index in [1.807, 2.05) is 24.3 Å². The Kier molecular flexibility index (Phi) is 3.66. The fraction of sp³-hybridized carbons (Fsp3) is 0.250. The van der Waals surface area contributed by atoms with Crippen molar-refractivity contribution in [2.45, 2.75) is 18.5 Å². The smallest absolute Gasteiger partial charge is 0.232 e. The Morgan fingerprint density at radius 2 is 2.11 bits per heavy atom. The van der Waals surface area contributed by atoms with Crippen LogP contribution in [0.25, 0.3) is 11.0 Å². The Bertz CT molecular complexity index is 606. The summed E-state index contributed by atoms with van der Waals surface area (Å²) in [6.45, 7) is 1.79. The second-order valence-corrected chi connectivity index (χ2v) is 4.66. The van der Waals surface area contributed by atoms with Crippen molar-refractivity contribution in [1.29, 1.82) is 0 Å². The number of nitrogens with two attached hydrogens (primary N) is 1. The first kappa shape index (κ1) is 12.6. The van der Waals surface area contributed by atoms with E-state index in [2.05, 4.69) is 4.98 Å². The third-order valence-corrected chi connectivity index (χ3v) is 3.39. The van der Waals surface area contributed by atoms with Crippen LogP contribution >= 0.6 is 11.8 Å². The molecule has 1 heterocycles. The van der Waals surface area contributed by atoms with Crippen LogP contribution in [0.2, 0.25) is 0 Å². The fourth-order valence-corrected chi connectivity index (χ4v) is 2.40. The third-order valence-electron chi connectivity index (χ3n) is 2.43. The second-order valence-electron chi connectivity index (χ2n) is 3.72. The van der Waals surface area contributed by atoms with Gasteiger partial charge in [-0.15, -0.1) is 0 Å². The Morgan fingerprint density at radius 3 is 2.78 bits per heavy atom. The van der Waals surface area contributed by atoms with Crippen LogP contribution in [-0.4, -0.2) is 27.1 Å². The molecule has 0 aliphatic heterocycles. The number of nitrogens with zero attached hydrogens (tertiary/aromatic N) is 2. The van der Waals surface area contributed by atoms with Crippen molar-refractivity contribution in [3.8, 4) is 0 Å². The number of carbonyl (C=O) groups is 2. The minimum absolute atomic E-state index is 0.0457. The lowest BCUT2D eigenvalue weighted by atomic mass is 10.3. The molecule has 0 spiro atoms. The van der Waals surface area contributed by atoms with Gasteiger partial charge >= 0.3 is 0 Å². The zero-order valence-electron chi connectivity index (χ0n) is 9.92. The highest BCUT2D eigenvalue weighted by atomic mass is 32.2. The Balaban J connectivity index is 2.49. The van der Waals surface area contributed by atoms with Gasteiger partial charge in [-0.05, 0) is 12.1 Å². The van der Waals surface area contributed by atoms with E-state index in [0.717, 1.165) is 11.0 Å². The molecule has 18 heavy (non-hydrogen) atoms. The summed E-state index contributed by atoms with van der Waals surface area (Å²) in [6, 6.07) is 7.39. The molecule has 0 unspecified atom stereocenters. The van der Waals surface area contributed by atoms with E-state index in [-0.39, 0.29) is 11.7 Å². The first-order chi connectivity index (χ1) is 8.63. The van der Waals surface area contributed by atoms with Crippen molar-refractivity contribution < 1.29 is 9.59 Å². The van der Waals surface area contributed by atoms with Crippen LogP contribution in [0.15, 0.2) is 29.4 Å². The van der Waals surface area contributed by atoms with Crippen molar-refractivity contribution in [2.75, 3.05) is 5.75 Å². The molecule has 1 amide bonds. The largest absolute Gasteiger partial charge is 0.369 e. The molecule has 0 atom stereocenters. The highest BCUT2D eigenvalue weighted by Crippen LogP contribution is 2.24. The lowest BCUT2D eigenvalue weighted by Crippen LogP contribution is -2.15. The Hall–Kier alpha value is -1.82. The van der Waals surface area contributed by atoms with E-state index in [1.54, 1.807) is 11.5 Å². The second kappa shape index (κ2) is 5.22. The van der Waals surface area contributed by atoms with Gasteiger partial charge < -0.3 is 5.73 Å². The normalized spacial score (nSPS) is 10.7. The molecule has 0 fully saturated rings. The molecule has 2 aromatic rings. The van der Waals surface area contributed by atoms with Crippen LogP contribution < -0.4 is 5.73 Å². The van der Waals surface area contributed by atoms with Crippen molar-refractivity contribution in [3.05, 3.63) is 24.3 Å². The molecule has 0 radical (unpaired) electrons. The summed E-state index contributed by atoms with van der Waals surface area (Å²) in [5.41, 5.74) is 6.61. The minimum atomic E-state index is -0.428. The highest BCUT2D eigenvalue weighted by molar-refractivity contribution is 7.99. The molecule has 0 saturated carbocycles. The lowest BCUT2D eigenvalue weighted by molar-refractivity contribution is -0.115. The molecule has 2 N–H and O–H groups in total. The maximum absolute atomic E-state index is 11.9. The van der Waals surface area contributed by atoms with Gasteiger partial charge in [-0.1, -0.05) is 30.8 Å². The van der Waals surface area contributed by atoms with Gasteiger partial charge in [-0.3, -0.25) is 14.2 Å². The molecule has 1 aromatic heterocycles. The van der Waals surface area contributed by atoms with Crippen LogP contribution in [-0.2, 0) is 4.79 Å². The van der Waals surface area contributed by atoms with Gasteiger partial charge in [0.25, 0.3) is 0 Å². The average molecular weight is 263 g/mol. The summed E-state index contributed by atoms with van der Waals surface area (Å²) in [4.78, 5) is 27.1. The topological polar surface area (TPSA) is 78.0 Å². The summed E-state index contributed by atoms with van der Waals surface area (Å²) in [5, 5.41) is 0.516. The molecule has 1 aromatic carbocycles. The van der Waals surface area contributed by atoms with Gasteiger partial charge in [0, 0.05) is 6.42 Å². The molecule has 0 bridgehead atoms. The van der Waals surface area contributed by atoms with Crippen molar-refractivity contribution in [2.24, 2.45) is 5.73 Å². The van der Waals surface area contributed by atoms with Gasteiger partial charge in [0.2, 0.25) is 11.8 Å². The zero-order valence-corrected chi connectivity index (χ0v) is 10.7. The monoisotopic (exact) mass is 263 g/mol. The van der Waals surface area contributed by atoms with E-state index in [0.29, 0.717) is 11.6 Å². The first-order valence-corrected chi connectivity index (χ1v) is 6.53. The van der Waals surface area contributed by atoms with Crippen LogP contribution in [0, 0.1) is 0 Å². The molecular formula is C12H13N3O2S. The van der Waals surface area contributed by atoms with Gasteiger partial charge in [-0.25, -0.2) is 4.98 Å². The van der Waals surface area contributed by atoms with Gasteiger partial charge in [0.1, 0.15) is 0 Å². The summed E-state index contributed by atoms with van der Waals surface area (Å²) < 4.78 is 1.54. The van der Waals surface area contributed by atoms with Crippen LogP contribution in [0.1, 0.15) is 18.1 Å². The number of fused-ring (bicyclic) bond motifs is 1. The van der Waals surface area contributed by atoms with Crippen molar-refractivity contribution in [1.82, 2.24) is 9.55 Å². The molecule has 2 rings (SSSR count). The molecule has 5 nitrogen and oxygen atoms in total. The van der Waals surface area contributed by atoms with E-state index in [4.69, 9.17) is 5.73 Å². The van der Waals surface area contributed by atoms with Crippen molar-refractivity contribution in [3.63, 3.8) is 0 Å². The quantitative estimate of drug-likeness (QED) is 0.851. The van der Waals surface area contributed by atoms with E-state index >= 15 is 0 Å². The number of rotatable bonds is 4. The van der Waals surface area contributed by atoms with E-state index in [1.165, 1.54) is 11.8 Å². The van der Waals surface area contributed by atoms with Gasteiger partial charge in [0.15, 0.2) is 5.16 Å². The lowest BCUT2D eigenvalue weighted by Gasteiger charge is -2.04. The van der Waals surface area contributed by atoms with Crippen LogP contribution in [0.5, 0.6) is 0 Å². The average Bonchev–Trinajstić information content (AvgIpc) is 2.73. The predicted octanol–water partition coefficient (Wildman–Crippen LogP) is 1.66. The summed E-state index contributed by atoms with van der Waals surface area (Å²) in [7, 11) is 0. The number of imidazole rings is 1. The molecule has 94 valence electrons. The number of primary amides is 1. The number of aromatic nitrogens is 2. The van der Waals surface area contributed by atoms with Crippen LogP contribution in [0.3, 0.4) is 0 Å². The number of para-hydroxylation sites is 2. The standard InChI is InChI=1S/C12H13N3O2S/c1-2-11(17)15-9-6-4-3-5-8(9)14-12(15)18-7-10(13)16/h3-6H,2,7H2,1H3,(H2,13,16). The minimum Gasteiger partial charge on any atom is -0.369 e. The van der Waals surface area contributed by atoms with E-state index in [9.17, 15) is 9.59 Å². The number of hydrogen-bond donors (Lipinski definition) is 1. The molecule has 6 heteroatoms. The number of benzene rings is 1. The highest BCUT2D eigenvalue weighted by Gasteiger charge is 2.16. The van der Waals surface area contributed by atoms with Crippen molar-refractivity contribution >= 4 is 34.6 Å². The summed E-state index contributed by atoms with van der Waals surface area (Å²) in [5.74, 6) is -0.362. The number of amides is 1. The fourth-order valence-electron chi connectivity index (χ4n) is 1.64. The maximum Gasteiger partial charge on any atom is 0.232 e. The Labute approximate surface area is 108 Å². The number of thioether (sulfide) groups is 1. The SMILES string of the molecule is CCC(=O)n1c(SCC(N)=O)nc2ccccc21. The van der Waals surface area contributed by atoms with Gasteiger partial charge in [0.05, 0.1) is 16.8 Å². The third kappa shape index (κ3) is 2.38. The molecule has 0 saturated heterocycles. The van der Waals surface area contributed by atoms with E-state index < -0.39 is 5.91 Å². The Morgan fingerprint density at radius 1 is 1.39 bits per heavy atom. The maximum atomic E-state index is 11.9. The zero-order chi connectivity index (χ0) is 13.1. The first-order valence-electron chi connectivity index (χ1n) is 5.55. The number of carbonyl (C=O) groups excluding carboxylic acids is 2. The van der Waals surface area contributed by atoms with Crippen LogP contribution in [0.4, 0.5) is 0 Å². The summed E-state index contributed by atoms with van der Waals surface area (Å²) in [6.07, 6.45) is 0.379. The number of hydrogen-bond acceptors (Lipinski definition) is 4. The molecule has 0 aliphatic carbocycles. The predicted molar refractivity (Wildman–Crippen MR) is 70.6 cm³/mol.